The molecule has 1 saturated heterocycles. The smallest absolute Gasteiger partial charge is 0.410 e. The minimum absolute atomic E-state index is 0.0376. The molecule has 0 bridgehead atoms. The lowest BCUT2D eigenvalue weighted by Crippen LogP contribution is -2.56. The highest BCUT2D eigenvalue weighted by Gasteiger charge is 2.34. The SMILES string of the molecule is CC(N)COC1CN(C(=O)OC(C)(C)C)C1. The third-order valence-corrected chi connectivity index (χ3v) is 2.09. The first-order chi connectivity index (χ1) is 7.28. The van der Waals surface area contributed by atoms with Gasteiger partial charge in [0.15, 0.2) is 0 Å². The van der Waals surface area contributed by atoms with E-state index < -0.39 is 5.60 Å². The van der Waals surface area contributed by atoms with Crippen LogP contribution in [0.25, 0.3) is 0 Å². The lowest BCUT2D eigenvalue weighted by Gasteiger charge is -2.39. The zero-order valence-electron chi connectivity index (χ0n) is 10.5. The summed E-state index contributed by atoms with van der Waals surface area (Å²) < 4.78 is 10.7. The van der Waals surface area contributed by atoms with E-state index in [0.717, 1.165) is 0 Å². The van der Waals surface area contributed by atoms with Crippen molar-refractivity contribution in [3.05, 3.63) is 0 Å². The maximum absolute atomic E-state index is 11.5. The van der Waals surface area contributed by atoms with Crippen LogP contribution < -0.4 is 5.73 Å². The Kier molecular flexibility index (Phi) is 4.15. The topological polar surface area (TPSA) is 64.8 Å². The quantitative estimate of drug-likeness (QED) is 0.784. The van der Waals surface area contributed by atoms with Crippen LogP contribution in [0.15, 0.2) is 0 Å². The van der Waals surface area contributed by atoms with Crippen LogP contribution in [0.2, 0.25) is 0 Å². The summed E-state index contributed by atoms with van der Waals surface area (Å²) in [5.41, 5.74) is 5.13. The highest BCUT2D eigenvalue weighted by atomic mass is 16.6. The van der Waals surface area contributed by atoms with E-state index in [-0.39, 0.29) is 18.2 Å². The van der Waals surface area contributed by atoms with Gasteiger partial charge in [0.05, 0.1) is 25.8 Å². The van der Waals surface area contributed by atoms with Crippen molar-refractivity contribution in [2.75, 3.05) is 19.7 Å². The number of nitrogens with zero attached hydrogens (tertiary/aromatic N) is 1. The molecule has 1 unspecified atom stereocenters. The molecule has 1 aliphatic rings. The molecule has 0 aromatic rings. The van der Waals surface area contributed by atoms with Gasteiger partial charge in [-0.2, -0.15) is 0 Å². The van der Waals surface area contributed by atoms with Gasteiger partial charge in [-0.3, -0.25) is 0 Å². The van der Waals surface area contributed by atoms with Crippen LogP contribution >= 0.6 is 0 Å². The van der Waals surface area contributed by atoms with Gasteiger partial charge in [-0.25, -0.2) is 4.79 Å². The van der Waals surface area contributed by atoms with Gasteiger partial charge in [-0.15, -0.1) is 0 Å². The third-order valence-electron chi connectivity index (χ3n) is 2.09. The molecule has 16 heavy (non-hydrogen) atoms. The van der Waals surface area contributed by atoms with E-state index in [2.05, 4.69) is 0 Å². The number of likely N-dealkylation sites (tertiary alicyclic amines) is 1. The number of amides is 1. The number of rotatable bonds is 3. The van der Waals surface area contributed by atoms with Crippen LogP contribution in [-0.2, 0) is 9.47 Å². The Balaban J connectivity index is 2.18. The van der Waals surface area contributed by atoms with Crippen LogP contribution in [0.5, 0.6) is 0 Å². The second-order valence-corrected chi connectivity index (χ2v) is 5.32. The number of ether oxygens (including phenoxy) is 2. The van der Waals surface area contributed by atoms with Crippen molar-refractivity contribution in [1.29, 1.82) is 0 Å². The first kappa shape index (κ1) is 13.3. The Morgan fingerprint density at radius 3 is 2.50 bits per heavy atom. The second kappa shape index (κ2) is 5.01. The van der Waals surface area contributed by atoms with Crippen molar-refractivity contribution < 1.29 is 14.3 Å². The highest BCUT2D eigenvalue weighted by Crippen LogP contribution is 2.16. The molecule has 0 aromatic heterocycles. The first-order valence-corrected chi connectivity index (χ1v) is 5.63. The number of hydrogen-bond acceptors (Lipinski definition) is 4. The Labute approximate surface area is 96.9 Å². The summed E-state index contributed by atoms with van der Waals surface area (Å²) in [6.45, 7) is 9.19. The van der Waals surface area contributed by atoms with Crippen molar-refractivity contribution >= 4 is 6.09 Å². The second-order valence-electron chi connectivity index (χ2n) is 5.32. The van der Waals surface area contributed by atoms with Crippen LogP contribution in [0.3, 0.4) is 0 Å². The predicted octanol–water partition coefficient (Wildman–Crippen LogP) is 0.969. The average Bonchev–Trinajstić information content (AvgIpc) is 1.96. The van der Waals surface area contributed by atoms with Gasteiger partial charge in [-0.05, 0) is 27.7 Å². The Morgan fingerprint density at radius 2 is 2.06 bits per heavy atom. The zero-order chi connectivity index (χ0) is 12.3. The molecule has 1 rings (SSSR count). The van der Waals surface area contributed by atoms with Crippen LogP contribution in [0.1, 0.15) is 27.7 Å². The fraction of sp³-hybridized carbons (Fsp3) is 0.909. The van der Waals surface area contributed by atoms with E-state index in [9.17, 15) is 4.79 Å². The van der Waals surface area contributed by atoms with Crippen LogP contribution in [0.4, 0.5) is 4.79 Å². The maximum atomic E-state index is 11.5. The van der Waals surface area contributed by atoms with Crippen molar-refractivity contribution in [3.63, 3.8) is 0 Å². The summed E-state index contributed by atoms with van der Waals surface area (Å²) in [7, 11) is 0. The van der Waals surface area contributed by atoms with Crippen molar-refractivity contribution in [2.45, 2.75) is 45.4 Å². The Morgan fingerprint density at radius 1 is 1.50 bits per heavy atom. The van der Waals surface area contributed by atoms with E-state index in [1.165, 1.54) is 0 Å². The molecule has 0 radical (unpaired) electrons. The number of hydrogen-bond donors (Lipinski definition) is 1. The normalized spacial score (nSPS) is 19.2. The molecule has 1 heterocycles. The van der Waals surface area contributed by atoms with Crippen molar-refractivity contribution in [2.24, 2.45) is 5.73 Å². The first-order valence-electron chi connectivity index (χ1n) is 5.63. The van der Waals surface area contributed by atoms with Gasteiger partial charge in [0.2, 0.25) is 0 Å². The number of carbonyl (C=O) groups is 1. The number of nitrogens with two attached hydrogens (primary N) is 1. The molecular formula is C11H22N2O3. The average molecular weight is 230 g/mol. The van der Waals surface area contributed by atoms with Gasteiger partial charge < -0.3 is 20.1 Å². The van der Waals surface area contributed by atoms with E-state index in [1.807, 2.05) is 27.7 Å². The van der Waals surface area contributed by atoms with E-state index in [0.29, 0.717) is 19.7 Å². The zero-order valence-corrected chi connectivity index (χ0v) is 10.5. The van der Waals surface area contributed by atoms with Crippen molar-refractivity contribution in [1.82, 2.24) is 4.90 Å². The summed E-state index contributed by atoms with van der Waals surface area (Å²) in [5, 5.41) is 0. The Bertz CT molecular complexity index is 242. The van der Waals surface area contributed by atoms with Gasteiger partial charge >= 0.3 is 6.09 Å². The fourth-order valence-corrected chi connectivity index (χ4v) is 1.31. The van der Waals surface area contributed by atoms with Crippen molar-refractivity contribution in [3.8, 4) is 0 Å². The summed E-state index contributed by atoms with van der Waals surface area (Å²) in [6.07, 6.45) is -0.160. The van der Waals surface area contributed by atoms with Crippen LogP contribution in [-0.4, -0.2) is 48.4 Å². The lowest BCUT2D eigenvalue weighted by molar-refractivity contribution is -0.0650. The summed E-state index contributed by atoms with van der Waals surface area (Å²) in [4.78, 5) is 13.2. The molecular weight excluding hydrogens is 208 g/mol. The van der Waals surface area contributed by atoms with E-state index >= 15 is 0 Å². The summed E-state index contributed by atoms with van der Waals surface area (Å²) >= 11 is 0. The molecule has 1 amide bonds. The van der Waals surface area contributed by atoms with E-state index in [4.69, 9.17) is 15.2 Å². The summed E-state index contributed by atoms with van der Waals surface area (Å²) in [5.74, 6) is 0. The lowest BCUT2D eigenvalue weighted by atomic mass is 10.1. The number of carbonyl (C=O) groups excluding carboxylic acids is 1. The highest BCUT2D eigenvalue weighted by molar-refractivity contribution is 5.69. The predicted molar refractivity (Wildman–Crippen MR) is 61.2 cm³/mol. The van der Waals surface area contributed by atoms with Gasteiger partial charge in [0, 0.05) is 6.04 Å². The molecule has 0 aliphatic carbocycles. The van der Waals surface area contributed by atoms with Gasteiger partial charge in [0.1, 0.15) is 5.60 Å². The molecule has 94 valence electrons. The molecule has 0 saturated carbocycles. The molecule has 0 spiro atoms. The molecule has 5 heteroatoms. The molecule has 5 nitrogen and oxygen atoms in total. The maximum Gasteiger partial charge on any atom is 0.410 e. The van der Waals surface area contributed by atoms with Gasteiger partial charge in [0.25, 0.3) is 0 Å². The largest absolute Gasteiger partial charge is 0.444 e. The molecule has 1 atom stereocenters. The molecule has 1 aliphatic heterocycles. The third kappa shape index (κ3) is 4.37. The molecule has 2 N–H and O–H groups in total. The monoisotopic (exact) mass is 230 g/mol. The molecule has 1 fully saturated rings. The van der Waals surface area contributed by atoms with Crippen LogP contribution in [0, 0.1) is 0 Å². The summed E-state index contributed by atoms with van der Waals surface area (Å²) in [6, 6.07) is 0.0376. The van der Waals surface area contributed by atoms with E-state index in [1.54, 1.807) is 4.90 Å². The Hall–Kier alpha value is -0.810. The minimum atomic E-state index is -0.436. The minimum Gasteiger partial charge on any atom is -0.444 e. The molecule has 0 aromatic carbocycles. The standard InChI is InChI=1S/C11H22N2O3/c1-8(12)7-15-9-5-13(6-9)10(14)16-11(2,3)4/h8-9H,5-7,12H2,1-4H3. The van der Waals surface area contributed by atoms with Gasteiger partial charge in [-0.1, -0.05) is 0 Å². The fourth-order valence-electron chi connectivity index (χ4n) is 1.31.